The molecule has 0 saturated heterocycles. The van der Waals surface area contributed by atoms with Gasteiger partial charge < -0.3 is 0 Å². The number of benzene rings is 1. The van der Waals surface area contributed by atoms with Crippen LogP contribution < -0.4 is 0 Å². The zero-order valence-corrected chi connectivity index (χ0v) is 12.7. The van der Waals surface area contributed by atoms with Crippen molar-refractivity contribution in [3.8, 4) is 0 Å². The second kappa shape index (κ2) is 4.46. The van der Waals surface area contributed by atoms with Gasteiger partial charge in [-0.05, 0) is 34.8 Å². The second-order valence-electron chi connectivity index (χ2n) is 5.36. The minimum absolute atomic E-state index is 0.129. The number of hydrogen-bond donors (Lipinski definition) is 0. The number of thiophene rings is 1. The molecule has 0 bridgehead atoms. The maximum atomic E-state index is 12.7. The number of rotatable bonds is 2. The van der Waals surface area contributed by atoms with E-state index < -0.39 is 0 Å². The first-order valence-electron chi connectivity index (χ1n) is 6.32. The van der Waals surface area contributed by atoms with Crippen LogP contribution in [0.1, 0.15) is 43.0 Å². The molecule has 0 atom stereocenters. The number of halogens is 1. The van der Waals surface area contributed by atoms with Gasteiger partial charge in [0.1, 0.15) is 0 Å². The summed E-state index contributed by atoms with van der Waals surface area (Å²) in [5.74, 6) is 0.337. The number of carbonyl (C=O) groups excluding carboxylic acids is 1. The average molecular weight is 323 g/mol. The highest BCUT2D eigenvalue weighted by Crippen LogP contribution is 2.43. The van der Waals surface area contributed by atoms with Gasteiger partial charge in [0.05, 0.1) is 0 Å². The molecule has 1 fully saturated rings. The summed E-state index contributed by atoms with van der Waals surface area (Å²) >= 11 is 5.21. The van der Waals surface area contributed by atoms with E-state index in [1.54, 1.807) is 11.3 Å². The smallest absolute Gasteiger partial charge is 0.170 e. The van der Waals surface area contributed by atoms with Crippen molar-refractivity contribution in [2.75, 3.05) is 0 Å². The van der Waals surface area contributed by atoms with Crippen molar-refractivity contribution in [3.05, 3.63) is 33.6 Å². The van der Waals surface area contributed by atoms with E-state index in [9.17, 15) is 4.79 Å². The Hall–Kier alpha value is -0.670. The highest BCUT2D eigenvalue weighted by molar-refractivity contribution is 9.10. The number of hydrogen-bond acceptors (Lipinski definition) is 2. The number of Topliss-reactive ketones (excluding diaryl/α,β-unsaturated/α-hetero) is 1. The minimum atomic E-state index is -0.129. The van der Waals surface area contributed by atoms with Gasteiger partial charge in [-0.1, -0.05) is 31.9 Å². The van der Waals surface area contributed by atoms with Crippen molar-refractivity contribution in [1.29, 1.82) is 0 Å². The SMILES string of the molecule is CC1(C(=O)c2csc3c(Br)cccc23)CCCC1. The Bertz CT molecular complexity index is 608. The fraction of sp³-hybridized carbons (Fsp3) is 0.400. The van der Waals surface area contributed by atoms with Crippen molar-refractivity contribution in [2.24, 2.45) is 5.41 Å². The molecule has 18 heavy (non-hydrogen) atoms. The van der Waals surface area contributed by atoms with Crippen LogP contribution in [0.4, 0.5) is 0 Å². The molecule has 0 amide bonds. The lowest BCUT2D eigenvalue weighted by atomic mass is 9.81. The molecule has 1 aromatic carbocycles. The van der Waals surface area contributed by atoms with Gasteiger partial charge in [0, 0.05) is 30.9 Å². The summed E-state index contributed by atoms with van der Waals surface area (Å²) in [5.41, 5.74) is 0.789. The van der Waals surface area contributed by atoms with Crippen LogP contribution >= 0.6 is 27.3 Å². The van der Waals surface area contributed by atoms with E-state index in [2.05, 4.69) is 28.9 Å². The Balaban J connectivity index is 2.10. The van der Waals surface area contributed by atoms with Gasteiger partial charge in [-0.15, -0.1) is 11.3 Å². The maximum Gasteiger partial charge on any atom is 0.170 e. The minimum Gasteiger partial charge on any atom is -0.294 e. The van der Waals surface area contributed by atoms with Crippen molar-refractivity contribution in [2.45, 2.75) is 32.6 Å². The van der Waals surface area contributed by atoms with Crippen LogP contribution in [0.2, 0.25) is 0 Å². The van der Waals surface area contributed by atoms with Gasteiger partial charge in [0.25, 0.3) is 0 Å². The molecule has 1 heterocycles. The predicted molar refractivity (Wildman–Crippen MR) is 80.4 cm³/mol. The van der Waals surface area contributed by atoms with Crippen LogP contribution in [-0.4, -0.2) is 5.78 Å². The van der Waals surface area contributed by atoms with Gasteiger partial charge in [0.2, 0.25) is 0 Å². The molecule has 0 unspecified atom stereocenters. The maximum absolute atomic E-state index is 12.7. The molecule has 1 aromatic heterocycles. The van der Waals surface area contributed by atoms with Gasteiger partial charge in [0.15, 0.2) is 5.78 Å². The number of fused-ring (bicyclic) bond motifs is 1. The van der Waals surface area contributed by atoms with Crippen LogP contribution in [0.5, 0.6) is 0 Å². The Morgan fingerprint density at radius 2 is 2.06 bits per heavy atom. The standard InChI is InChI=1S/C15H15BrOS/c1-15(7-2-3-8-15)14(17)11-9-18-13-10(11)5-4-6-12(13)16/h4-6,9H,2-3,7-8H2,1H3. The zero-order valence-electron chi connectivity index (χ0n) is 10.3. The number of carbonyl (C=O) groups is 1. The average Bonchev–Trinajstić information content (AvgIpc) is 2.96. The zero-order chi connectivity index (χ0) is 12.8. The lowest BCUT2D eigenvalue weighted by molar-refractivity contribution is 0.0826. The summed E-state index contributed by atoms with van der Waals surface area (Å²) in [6, 6.07) is 6.10. The molecular formula is C15H15BrOS. The molecule has 1 aliphatic carbocycles. The van der Waals surface area contributed by atoms with Crippen LogP contribution in [0, 0.1) is 5.41 Å². The third kappa shape index (κ3) is 1.84. The topological polar surface area (TPSA) is 17.1 Å². The highest BCUT2D eigenvalue weighted by Gasteiger charge is 2.37. The summed E-state index contributed by atoms with van der Waals surface area (Å²) in [4.78, 5) is 12.7. The Morgan fingerprint density at radius 1 is 1.33 bits per heavy atom. The summed E-state index contributed by atoms with van der Waals surface area (Å²) in [6.45, 7) is 2.13. The van der Waals surface area contributed by atoms with Crippen molar-refractivity contribution < 1.29 is 4.79 Å². The summed E-state index contributed by atoms with van der Waals surface area (Å²) in [6.07, 6.45) is 4.45. The van der Waals surface area contributed by atoms with E-state index in [-0.39, 0.29) is 5.41 Å². The Morgan fingerprint density at radius 3 is 2.78 bits per heavy atom. The van der Waals surface area contributed by atoms with Crippen LogP contribution in [0.15, 0.2) is 28.1 Å². The normalized spacial score (nSPS) is 18.3. The Kier molecular flexibility index (Phi) is 3.07. The molecule has 3 rings (SSSR count). The lowest BCUT2D eigenvalue weighted by Gasteiger charge is -2.21. The molecule has 94 valence electrons. The van der Waals surface area contributed by atoms with E-state index in [1.807, 2.05) is 17.5 Å². The van der Waals surface area contributed by atoms with Gasteiger partial charge >= 0.3 is 0 Å². The first kappa shape index (κ1) is 12.4. The number of ketones is 1. The largest absolute Gasteiger partial charge is 0.294 e. The first-order chi connectivity index (χ1) is 8.62. The summed E-state index contributed by atoms with van der Waals surface area (Å²) in [7, 11) is 0. The summed E-state index contributed by atoms with van der Waals surface area (Å²) in [5, 5.41) is 3.13. The molecule has 0 spiro atoms. The molecule has 1 saturated carbocycles. The van der Waals surface area contributed by atoms with Gasteiger partial charge in [-0.25, -0.2) is 0 Å². The predicted octanol–water partition coefficient (Wildman–Crippen LogP) is 5.43. The van der Waals surface area contributed by atoms with Gasteiger partial charge in [-0.3, -0.25) is 4.79 Å². The van der Waals surface area contributed by atoms with E-state index in [0.29, 0.717) is 5.78 Å². The monoisotopic (exact) mass is 322 g/mol. The van der Waals surface area contributed by atoms with E-state index >= 15 is 0 Å². The third-order valence-corrected chi connectivity index (χ3v) is 6.00. The van der Waals surface area contributed by atoms with Crippen molar-refractivity contribution in [1.82, 2.24) is 0 Å². The van der Waals surface area contributed by atoms with E-state index in [4.69, 9.17) is 0 Å². The highest BCUT2D eigenvalue weighted by atomic mass is 79.9. The molecule has 0 N–H and O–H groups in total. The molecule has 0 radical (unpaired) electrons. The van der Waals surface area contributed by atoms with E-state index in [0.717, 1.165) is 28.3 Å². The molecule has 1 aliphatic rings. The Labute approximate surface area is 119 Å². The van der Waals surface area contributed by atoms with Crippen LogP contribution in [-0.2, 0) is 0 Å². The second-order valence-corrected chi connectivity index (χ2v) is 7.10. The lowest BCUT2D eigenvalue weighted by Crippen LogP contribution is -2.23. The summed E-state index contributed by atoms with van der Waals surface area (Å²) < 4.78 is 2.27. The molecule has 2 aromatic rings. The molecular weight excluding hydrogens is 308 g/mol. The fourth-order valence-electron chi connectivity index (χ4n) is 2.91. The molecule has 3 heteroatoms. The van der Waals surface area contributed by atoms with Gasteiger partial charge in [-0.2, -0.15) is 0 Å². The molecule has 1 nitrogen and oxygen atoms in total. The first-order valence-corrected chi connectivity index (χ1v) is 8.00. The van der Waals surface area contributed by atoms with E-state index in [1.165, 1.54) is 17.5 Å². The van der Waals surface area contributed by atoms with Crippen LogP contribution in [0.3, 0.4) is 0 Å². The molecule has 0 aliphatic heterocycles. The quantitative estimate of drug-likeness (QED) is 0.674. The third-order valence-electron chi connectivity index (χ3n) is 4.05. The fourth-order valence-corrected chi connectivity index (χ4v) is 4.51. The van der Waals surface area contributed by atoms with Crippen molar-refractivity contribution in [3.63, 3.8) is 0 Å². The van der Waals surface area contributed by atoms with Crippen molar-refractivity contribution >= 4 is 43.1 Å². The van der Waals surface area contributed by atoms with Crippen LogP contribution in [0.25, 0.3) is 10.1 Å².